The van der Waals surface area contributed by atoms with Gasteiger partial charge in [0.25, 0.3) is 0 Å². The largest absolute Gasteiger partial charge is 0.465 e. The van der Waals surface area contributed by atoms with Crippen LogP contribution in [0.4, 0.5) is 0 Å². The summed E-state index contributed by atoms with van der Waals surface area (Å²) >= 11 is 1.66. The van der Waals surface area contributed by atoms with Crippen LogP contribution >= 0.6 is 11.8 Å². The summed E-state index contributed by atoms with van der Waals surface area (Å²) in [5, 5.41) is 5.50. The summed E-state index contributed by atoms with van der Waals surface area (Å²) in [4.78, 5) is 41.4. The maximum absolute atomic E-state index is 14.0. The number of carbonyl (C=O) groups excluding carboxylic acids is 3. The number of carbonyl (C=O) groups is 3. The number of nitrogens with one attached hydrogen (secondary N) is 1. The zero-order valence-electron chi connectivity index (χ0n) is 24.3. The van der Waals surface area contributed by atoms with Crippen LogP contribution in [0.1, 0.15) is 50.5 Å². The molecule has 3 unspecified atom stereocenters. The molecule has 0 radical (unpaired) electrons. The molecule has 1 saturated heterocycles. The molecule has 218 valence electrons. The Hall–Kier alpha value is -3.36. The van der Waals surface area contributed by atoms with E-state index in [0.717, 1.165) is 21.9 Å². The van der Waals surface area contributed by atoms with Gasteiger partial charge in [-0.15, -0.1) is 11.8 Å². The highest BCUT2D eigenvalue weighted by atomic mass is 32.2. The lowest BCUT2D eigenvalue weighted by Crippen LogP contribution is -2.54. The average molecular weight is 577 g/mol. The molecular weight excluding hydrogens is 536 g/mol. The molecular formula is C33H40N2O5S. The maximum Gasteiger partial charge on any atom is 0.326 e. The Morgan fingerprint density at radius 1 is 1.02 bits per heavy atom. The number of rotatable bonds is 10. The van der Waals surface area contributed by atoms with Gasteiger partial charge in [0.2, 0.25) is 5.91 Å². The molecule has 41 heavy (non-hydrogen) atoms. The third-order valence-electron chi connectivity index (χ3n) is 6.91. The fourth-order valence-electron chi connectivity index (χ4n) is 5.07. The molecule has 4 rings (SSSR count). The van der Waals surface area contributed by atoms with E-state index in [1.807, 2.05) is 69.3 Å². The van der Waals surface area contributed by atoms with Gasteiger partial charge in [-0.1, -0.05) is 72.8 Å². The highest BCUT2D eigenvalue weighted by molar-refractivity contribution is 7.99. The number of ether oxygens (including phenoxy) is 2. The number of nitrogens with zero attached hydrogens (tertiary/aromatic N) is 1. The Balaban J connectivity index is 1.60. The van der Waals surface area contributed by atoms with Crippen LogP contribution in [-0.2, 0) is 30.3 Å². The third kappa shape index (κ3) is 8.57. The standard InChI is InChI=1S/C33H40N2O5S/c1-5-39-32(38)27(19-18-23-12-7-6-8-13-23)34-28-22-41-29(26-17-11-15-24-14-9-10-16-25(24)26)20-35(31(28)37)21-30(36)40-33(2,3)4/h6-17,27-29,34H,5,18-22H2,1-4H3. The third-order valence-corrected chi connectivity index (χ3v) is 8.24. The summed E-state index contributed by atoms with van der Waals surface area (Å²) in [5.41, 5.74) is 1.55. The smallest absolute Gasteiger partial charge is 0.326 e. The summed E-state index contributed by atoms with van der Waals surface area (Å²) < 4.78 is 11.0. The predicted molar refractivity (Wildman–Crippen MR) is 164 cm³/mol. The Morgan fingerprint density at radius 2 is 1.73 bits per heavy atom. The van der Waals surface area contributed by atoms with Crippen molar-refractivity contribution < 1.29 is 23.9 Å². The van der Waals surface area contributed by atoms with E-state index in [0.29, 0.717) is 25.1 Å². The van der Waals surface area contributed by atoms with Crippen LogP contribution in [0.5, 0.6) is 0 Å². The Bertz CT molecular complexity index is 1330. The van der Waals surface area contributed by atoms with Gasteiger partial charge in [-0.05, 0) is 62.4 Å². The van der Waals surface area contributed by atoms with E-state index < -0.39 is 23.7 Å². The minimum Gasteiger partial charge on any atom is -0.465 e. The van der Waals surface area contributed by atoms with Crippen molar-refractivity contribution in [1.82, 2.24) is 10.2 Å². The van der Waals surface area contributed by atoms with Crippen LogP contribution in [0.25, 0.3) is 10.8 Å². The van der Waals surface area contributed by atoms with E-state index in [1.165, 1.54) is 0 Å². The molecule has 8 heteroatoms. The van der Waals surface area contributed by atoms with Gasteiger partial charge in [0.1, 0.15) is 18.2 Å². The highest BCUT2D eigenvalue weighted by Gasteiger charge is 2.36. The predicted octanol–water partition coefficient (Wildman–Crippen LogP) is 5.32. The van der Waals surface area contributed by atoms with Crippen molar-refractivity contribution in [2.75, 3.05) is 25.4 Å². The topological polar surface area (TPSA) is 84.9 Å². The number of fused-ring (bicyclic) bond motifs is 1. The lowest BCUT2D eigenvalue weighted by molar-refractivity contribution is -0.159. The van der Waals surface area contributed by atoms with E-state index >= 15 is 0 Å². The van der Waals surface area contributed by atoms with E-state index in [1.54, 1.807) is 23.6 Å². The van der Waals surface area contributed by atoms with Crippen molar-refractivity contribution in [3.8, 4) is 0 Å². The second kappa shape index (κ2) is 14.0. The Morgan fingerprint density at radius 3 is 2.46 bits per heavy atom. The van der Waals surface area contributed by atoms with E-state index in [4.69, 9.17) is 9.47 Å². The molecule has 7 nitrogen and oxygen atoms in total. The molecule has 1 fully saturated rings. The van der Waals surface area contributed by atoms with E-state index in [9.17, 15) is 14.4 Å². The molecule has 0 spiro atoms. The number of thioether (sulfide) groups is 1. The number of hydrogen-bond donors (Lipinski definition) is 1. The van der Waals surface area contributed by atoms with Gasteiger partial charge in [-0.2, -0.15) is 0 Å². The molecule has 3 aromatic carbocycles. The minimum absolute atomic E-state index is 0.0651. The lowest BCUT2D eigenvalue weighted by atomic mass is 10.0. The number of hydrogen-bond acceptors (Lipinski definition) is 7. The highest BCUT2D eigenvalue weighted by Crippen LogP contribution is 2.37. The van der Waals surface area contributed by atoms with Gasteiger partial charge in [0.05, 0.1) is 12.6 Å². The first kappa shape index (κ1) is 30.6. The van der Waals surface area contributed by atoms with Gasteiger partial charge in [-0.3, -0.25) is 19.7 Å². The van der Waals surface area contributed by atoms with Crippen LogP contribution in [0.15, 0.2) is 72.8 Å². The molecule has 0 saturated carbocycles. The first-order valence-electron chi connectivity index (χ1n) is 14.2. The summed E-state index contributed by atoms with van der Waals surface area (Å²) in [6.07, 6.45) is 1.14. The number of amides is 1. The molecule has 1 heterocycles. The van der Waals surface area contributed by atoms with Crippen molar-refractivity contribution in [3.05, 3.63) is 83.9 Å². The number of benzene rings is 3. The van der Waals surface area contributed by atoms with Crippen LogP contribution in [0.3, 0.4) is 0 Å². The van der Waals surface area contributed by atoms with Crippen molar-refractivity contribution >= 4 is 40.4 Å². The SMILES string of the molecule is CCOC(=O)C(CCc1ccccc1)NC1CSC(c2cccc3ccccc23)CN(CC(=O)OC(C)(C)C)C1=O. The molecule has 1 aliphatic rings. The molecule has 1 aliphatic heterocycles. The number of esters is 2. The van der Waals surface area contributed by atoms with Crippen LogP contribution in [0, 0.1) is 0 Å². The molecule has 3 aromatic rings. The normalized spacial score (nSPS) is 18.5. The van der Waals surface area contributed by atoms with Gasteiger partial charge < -0.3 is 14.4 Å². The fourth-order valence-corrected chi connectivity index (χ4v) is 6.40. The first-order valence-corrected chi connectivity index (χ1v) is 15.3. The summed E-state index contributed by atoms with van der Waals surface area (Å²) in [5.74, 6) is -0.618. The second-order valence-electron chi connectivity index (χ2n) is 11.2. The Kier molecular flexibility index (Phi) is 10.5. The van der Waals surface area contributed by atoms with Gasteiger partial charge >= 0.3 is 11.9 Å². The molecule has 1 N–H and O–H groups in total. The molecule has 3 atom stereocenters. The minimum atomic E-state index is -0.674. The van der Waals surface area contributed by atoms with Gasteiger partial charge in [0, 0.05) is 17.5 Å². The molecule has 0 bridgehead atoms. The fraction of sp³-hybridized carbons (Fsp3) is 0.424. The summed E-state index contributed by atoms with van der Waals surface area (Å²) in [7, 11) is 0. The zero-order valence-corrected chi connectivity index (χ0v) is 25.1. The monoisotopic (exact) mass is 576 g/mol. The van der Waals surface area contributed by atoms with Crippen molar-refractivity contribution in [2.24, 2.45) is 0 Å². The lowest BCUT2D eigenvalue weighted by Gasteiger charge is -2.29. The van der Waals surface area contributed by atoms with Crippen molar-refractivity contribution in [3.63, 3.8) is 0 Å². The van der Waals surface area contributed by atoms with Crippen molar-refractivity contribution in [1.29, 1.82) is 0 Å². The zero-order chi connectivity index (χ0) is 29.4. The maximum atomic E-state index is 14.0. The quantitative estimate of drug-likeness (QED) is 0.327. The summed E-state index contributed by atoms with van der Waals surface area (Å²) in [6, 6.07) is 23.0. The van der Waals surface area contributed by atoms with Gasteiger partial charge in [0.15, 0.2) is 0 Å². The van der Waals surface area contributed by atoms with E-state index in [2.05, 4.69) is 29.6 Å². The first-order chi connectivity index (χ1) is 19.6. The number of aryl methyl sites for hydroxylation is 1. The molecule has 0 aromatic heterocycles. The molecule has 1 amide bonds. The van der Waals surface area contributed by atoms with Crippen LogP contribution < -0.4 is 5.32 Å². The second-order valence-corrected chi connectivity index (χ2v) is 12.5. The summed E-state index contributed by atoms with van der Waals surface area (Å²) in [6.45, 7) is 7.65. The molecule has 0 aliphatic carbocycles. The van der Waals surface area contributed by atoms with E-state index in [-0.39, 0.29) is 30.3 Å². The average Bonchev–Trinajstić information content (AvgIpc) is 3.08. The van der Waals surface area contributed by atoms with Crippen LogP contribution in [0.2, 0.25) is 0 Å². The van der Waals surface area contributed by atoms with Crippen molar-refractivity contribution in [2.45, 2.75) is 63.5 Å². The van der Waals surface area contributed by atoms with Gasteiger partial charge in [-0.25, -0.2) is 0 Å². The van der Waals surface area contributed by atoms with Crippen LogP contribution in [-0.4, -0.2) is 65.9 Å². The Labute approximate surface area is 247 Å².